The van der Waals surface area contributed by atoms with E-state index in [1.807, 2.05) is 18.2 Å². The normalized spacial score (nSPS) is 10.1. The van der Waals surface area contributed by atoms with Gasteiger partial charge < -0.3 is 9.47 Å². The summed E-state index contributed by atoms with van der Waals surface area (Å²) in [6.45, 7) is 2.62. The summed E-state index contributed by atoms with van der Waals surface area (Å²) in [5.74, 6) is 0.456. The molecule has 2 aromatic carbocycles. The van der Waals surface area contributed by atoms with Gasteiger partial charge in [0.15, 0.2) is 5.78 Å². The van der Waals surface area contributed by atoms with Crippen molar-refractivity contribution in [2.75, 3.05) is 13.2 Å². The van der Waals surface area contributed by atoms with Crippen molar-refractivity contribution in [2.45, 2.75) is 19.8 Å². The fraction of sp³-hybridized carbons (Fsp3) is 0.263. The van der Waals surface area contributed by atoms with Gasteiger partial charge in [0.05, 0.1) is 13.2 Å². The van der Waals surface area contributed by atoms with E-state index in [9.17, 15) is 9.59 Å². The standard InChI is InChI=1S/C19H20O4/c1-2-22-18(20)9-6-14-23-17-12-10-16(11-13-17)19(21)15-7-4-3-5-8-15/h3-5,7-8,10-13H,2,6,9,14H2,1H3. The van der Waals surface area contributed by atoms with E-state index in [1.165, 1.54) is 0 Å². The molecule has 0 aliphatic rings. The number of carbonyl (C=O) groups is 2. The maximum atomic E-state index is 12.3. The van der Waals surface area contributed by atoms with Crippen LogP contribution in [0, 0.1) is 0 Å². The van der Waals surface area contributed by atoms with Gasteiger partial charge in [0.2, 0.25) is 0 Å². The van der Waals surface area contributed by atoms with Gasteiger partial charge in [0.25, 0.3) is 0 Å². The van der Waals surface area contributed by atoms with E-state index in [2.05, 4.69) is 0 Å². The number of hydrogen-bond acceptors (Lipinski definition) is 4. The van der Waals surface area contributed by atoms with Crippen LogP contribution >= 0.6 is 0 Å². The maximum Gasteiger partial charge on any atom is 0.305 e. The zero-order valence-electron chi connectivity index (χ0n) is 13.2. The minimum absolute atomic E-state index is 0.0144. The maximum absolute atomic E-state index is 12.3. The first kappa shape index (κ1) is 16.7. The Morgan fingerprint density at radius 2 is 1.57 bits per heavy atom. The molecule has 0 N–H and O–H groups in total. The highest BCUT2D eigenvalue weighted by molar-refractivity contribution is 6.08. The van der Waals surface area contributed by atoms with Crippen molar-refractivity contribution in [1.29, 1.82) is 0 Å². The summed E-state index contributed by atoms with van der Waals surface area (Å²) in [5.41, 5.74) is 1.28. The van der Waals surface area contributed by atoms with Crippen molar-refractivity contribution < 1.29 is 19.1 Å². The van der Waals surface area contributed by atoms with Gasteiger partial charge in [-0.15, -0.1) is 0 Å². The molecule has 0 aliphatic heterocycles. The first-order chi connectivity index (χ1) is 11.2. The summed E-state index contributed by atoms with van der Waals surface area (Å²) in [6.07, 6.45) is 0.946. The average Bonchev–Trinajstić information content (AvgIpc) is 2.60. The Labute approximate surface area is 136 Å². The molecule has 0 saturated heterocycles. The van der Waals surface area contributed by atoms with Crippen molar-refractivity contribution in [2.24, 2.45) is 0 Å². The monoisotopic (exact) mass is 312 g/mol. The number of ketones is 1. The first-order valence-corrected chi connectivity index (χ1v) is 7.69. The lowest BCUT2D eigenvalue weighted by Gasteiger charge is -2.07. The smallest absolute Gasteiger partial charge is 0.305 e. The molecule has 0 radical (unpaired) electrons. The number of benzene rings is 2. The minimum atomic E-state index is -0.208. The third-order valence-corrected chi connectivity index (χ3v) is 3.25. The van der Waals surface area contributed by atoms with Crippen LogP contribution in [0.5, 0.6) is 5.75 Å². The zero-order chi connectivity index (χ0) is 16.5. The molecule has 0 fully saturated rings. The van der Waals surface area contributed by atoms with Gasteiger partial charge in [-0.25, -0.2) is 0 Å². The van der Waals surface area contributed by atoms with E-state index < -0.39 is 0 Å². The summed E-state index contributed by atoms with van der Waals surface area (Å²) in [7, 11) is 0. The molecule has 120 valence electrons. The molecule has 2 rings (SSSR count). The summed E-state index contributed by atoms with van der Waals surface area (Å²) in [4.78, 5) is 23.5. The van der Waals surface area contributed by atoms with Crippen LogP contribution in [0.4, 0.5) is 0 Å². The van der Waals surface area contributed by atoms with Gasteiger partial charge in [-0.2, -0.15) is 0 Å². The van der Waals surface area contributed by atoms with Gasteiger partial charge in [-0.1, -0.05) is 30.3 Å². The molecule has 0 bridgehead atoms. The Bertz CT molecular complexity index is 632. The number of esters is 1. The van der Waals surface area contributed by atoms with Crippen LogP contribution in [0.25, 0.3) is 0 Å². The fourth-order valence-electron chi connectivity index (χ4n) is 2.10. The van der Waals surface area contributed by atoms with Gasteiger partial charge in [-0.3, -0.25) is 9.59 Å². The summed E-state index contributed by atoms with van der Waals surface area (Å²) >= 11 is 0. The van der Waals surface area contributed by atoms with E-state index in [0.717, 1.165) is 0 Å². The summed E-state index contributed by atoms with van der Waals surface area (Å²) in [6, 6.07) is 16.2. The molecule has 0 unspecified atom stereocenters. The molecule has 0 amide bonds. The van der Waals surface area contributed by atoms with Crippen LogP contribution in [-0.4, -0.2) is 25.0 Å². The molecule has 4 heteroatoms. The Hall–Kier alpha value is -2.62. The van der Waals surface area contributed by atoms with Crippen LogP contribution in [0.3, 0.4) is 0 Å². The predicted octanol–water partition coefficient (Wildman–Crippen LogP) is 3.64. The van der Waals surface area contributed by atoms with E-state index >= 15 is 0 Å². The van der Waals surface area contributed by atoms with E-state index in [1.54, 1.807) is 43.3 Å². The Morgan fingerprint density at radius 3 is 2.22 bits per heavy atom. The van der Waals surface area contributed by atoms with E-state index in [-0.39, 0.29) is 11.8 Å². The van der Waals surface area contributed by atoms with Crippen molar-refractivity contribution in [3.05, 3.63) is 65.7 Å². The molecular weight excluding hydrogens is 292 g/mol. The molecule has 0 heterocycles. The van der Waals surface area contributed by atoms with Crippen LogP contribution in [-0.2, 0) is 9.53 Å². The molecule has 0 atom stereocenters. The van der Waals surface area contributed by atoms with Crippen LogP contribution in [0.2, 0.25) is 0 Å². The Balaban J connectivity index is 1.83. The number of carbonyl (C=O) groups excluding carboxylic acids is 2. The summed E-state index contributed by atoms with van der Waals surface area (Å²) < 4.78 is 10.4. The predicted molar refractivity (Wildman–Crippen MR) is 87.7 cm³/mol. The number of hydrogen-bond donors (Lipinski definition) is 0. The minimum Gasteiger partial charge on any atom is -0.494 e. The van der Waals surface area contributed by atoms with Gasteiger partial charge >= 0.3 is 5.97 Å². The fourth-order valence-corrected chi connectivity index (χ4v) is 2.10. The van der Waals surface area contributed by atoms with Gasteiger partial charge in [-0.05, 0) is 37.6 Å². The number of rotatable bonds is 8. The van der Waals surface area contributed by atoms with E-state index in [4.69, 9.17) is 9.47 Å². The van der Waals surface area contributed by atoms with Crippen LogP contribution < -0.4 is 4.74 Å². The second-order valence-electron chi connectivity index (χ2n) is 4.98. The van der Waals surface area contributed by atoms with Crippen molar-refractivity contribution in [1.82, 2.24) is 0 Å². The summed E-state index contributed by atoms with van der Waals surface area (Å²) in [5, 5.41) is 0. The molecule has 0 aliphatic carbocycles. The topological polar surface area (TPSA) is 52.6 Å². The molecule has 4 nitrogen and oxygen atoms in total. The van der Waals surface area contributed by atoms with Crippen LogP contribution in [0.1, 0.15) is 35.7 Å². The zero-order valence-corrected chi connectivity index (χ0v) is 13.2. The molecule has 2 aromatic rings. The van der Waals surface area contributed by atoms with Crippen LogP contribution in [0.15, 0.2) is 54.6 Å². The largest absolute Gasteiger partial charge is 0.494 e. The van der Waals surface area contributed by atoms with Crippen molar-refractivity contribution in [3.8, 4) is 5.75 Å². The molecule has 0 spiro atoms. The third-order valence-electron chi connectivity index (χ3n) is 3.25. The highest BCUT2D eigenvalue weighted by Gasteiger charge is 2.08. The number of ether oxygens (including phenoxy) is 2. The van der Waals surface area contributed by atoms with E-state index in [0.29, 0.717) is 42.9 Å². The second-order valence-corrected chi connectivity index (χ2v) is 4.98. The SMILES string of the molecule is CCOC(=O)CCCOc1ccc(C(=O)c2ccccc2)cc1. The first-order valence-electron chi connectivity index (χ1n) is 7.69. The molecule has 0 saturated carbocycles. The molecule has 0 aromatic heterocycles. The molecular formula is C19H20O4. The lowest BCUT2D eigenvalue weighted by atomic mass is 10.0. The highest BCUT2D eigenvalue weighted by Crippen LogP contribution is 2.15. The quantitative estimate of drug-likeness (QED) is 0.424. The lowest BCUT2D eigenvalue weighted by molar-refractivity contribution is -0.143. The Kier molecular flexibility index (Phi) is 6.36. The molecule has 23 heavy (non-hydrogen) atoms. The average molecular weight is 312 g/mol. The van der Waals surface area contributed by atoms with Crippen molar-refractivity contribution >= 4 is 11.8 Å². The Morgan fingerprint density at radius 1 is 0.913 bits per heavy atom. The van der Waals surface area contributed by atoms with Gasteiger partial charge in [0, 0.05) is 17.5 Å². The third kappa shape index (κ3) is 5.25. The van der Waals surface area contributed by atoms with Crippen molar-refractivity contribution in [3.63, 3.8) is 0 Å². The lowest BCUT2D eigenvalue weighted by Crippen LogP contribution is -2.07. The second kappa shape index (κ2) is 8.73. The highest BCUT2D eigenvalue weighted by atomic mass is 16.5. The van der Waals surface area contributed by atoms with Gasteiger partial charge in [0.1, 0.15) is 5.75 Å².